The fourth-order valence-corrected chi connectivity index (χ4v) is 5.16. The third-order valence-corrected chi connectivity index (χ3v) is 7.07. The molecular weight excluding hydrogens is 442 g/mol. The summed E-state index contributed by atoms with van der Waals surface area (Å²) in [5.41, 5.74) is 3.28. The molecule has 9 heteroatoms. The van der Waals surface area contributed by atoms with Crippen molar-refractivity contribution in [2.45, 2.75) is 39.1 Å². The van der Waals surface area contributed by atoms with Crippen LogP contribution in [0.4, 0.5) is 5.69 Å². The van der Waals surface area contributed by atoms with E-state index < -0.39 is 21.8 Å². The summed E-state index contributed by atoms with van der Waals surface area (Å²) >= 11 is 0. The smallest absolute Gasteiger partial charge is 0.262 e. The molecule has 2 amide bonds. The predicted molar refractivity (Wildman–Crippen MR) is 126 cm³/mol. The van der Waals surface area contributed by atoms with Gasteiger partial charge in [0.2, 0.25) is 5.91 Å². The number of benzene rings is 2. The molecule has 0 radical (unpaired) electrons. The van der Waals surface area contributed by atoms with Crippen LogP contribution in [0.25, 0.3) is 0 Å². The Balaban J connectivity index is 1.75. The average Bonchev–Trinajstić information content (AvgIpc) is 3.28. The number of sulfonamides is 1. The van der Waals surface area contributed by atoms with Gasteiger partial charge in [-0.3, -0.25) is 14.3 Å². The van der Waals surface area contributed by atoms with Crippen LogP contribution < -0.4 is 15.4 Å². The monoisotopic (exact) mass is 469 g/mol. The summed E-state index contributed by atoms with van der Waals surface area (Å²) in [6.07, 6.45) is 1.50. The van der Waals surface area contributed by atoms with E-state index >= 15 is 0 Å². The van der Waals surface area contributed by atoms with Crippen LogP contribution in [0.1, 0.15) is 38.4 Å². The molecule has 0 fully saturated rings. The maximum atomic E-state index is 13.3. The third kappa shape index (κ3) is 5.61. The third-order valence-electron chi connectivity index (χ3n) is 5.43. The highest BCUT2D eigenvalue weighted by atomic mass is 32.2. The van der Waals surface area contributed by atoms with Gasteiger partial charge in [0.05, 0.1) is 35.5 Å². The molecule has 0 aliphatic heterocycles. The van der Waals surface area contributed by atoms with Crippen LogP contribution in [0, 0.1) is 27.7 Å². The molecule has 3 rings (SSSR count). The number of hydrogen-bond acceptors (Lipinski definition) is 5. The molecule has 3 N–H and O–H groups in total. The molecule has 8 nitrogen and oxygen atoms in total. The van der Waals surface area contributed by atoms with Crippen molar-refractivity contribution >= 4 is 27.5 Å². The minimum atomic E-state index is -3.96. The predicted octanol–water partition coefficient (Wildman–Crippen LogP) is 3.36. The maximum absolute atomic E-state index is 13.3. The first-order chi connectivity index (χ1) is 15.6. The molecule has 0 bridgehead atoms. The van der Waals surface area contributed by atoms with Crippen LogP contribution >= 0.6 is 0 Å². The molecule has 1 aromatic heterocycles. The molecule has 0 aliphatic rings. The number of hydrogen-bond donors (Lipinski definition) is 3. The van der Waals surface area contributed by atoms with Crippen LogP contribution in [-0.2, 0) is 21.4 Å². The highest BCUT2D eigenvalue weighted by Crippen LogP contribution is 2.28. The standard InChI is InChI=1S/C24H27N3O5S/c1-15-12-16(2)18(4)23(17(15)3)33(30,31)27-21-10-6-5-9-20(21)24(29)26-14-22(28)25-13-19-8-7-11-32-19/h5-12,27H,13-14H2,1-4H3,(H,25,28)(H,26,29). The van der Waals surface area contributed by atoms with Crippen molar-refractivity contribution in [1.82, 2.24) is 10.6 Å². The van der Waals surface area contributed by atoms with Crippen LogP contribution in [-0.4, -0.2) is 26.8 Å². The van der Waals surface area contributed by atoms with E-state index in [0.29, 0.717) is 16.9 Å². The number of carbonyl (C=O) groups is 2. The van der Waals surface area contributed by atoms with Crippen LogP contribution in [0.2, 0.25) is 0 Å². The second-order valence-electron chi connectivity index (χ2n) is 7.78. The zero-order valence-corrected chi connectivity index (χ0v) is 19.8. The molecule has 0 saturated carbocycles. The maximum Gasteiger partial charge on any atom is 0.262 e. The van der Waals surface area contributed by atoms with Gasteiger partial charge in [0, 0.05) is 0 Å². The Labute approximate surface area is 193 Å². The summed E-state index contributed by atoms with van der Waals surface area (Å²) < 4.78 is 34.2. The first-order valence-corrected chi connectivity index (χ1v) is 11.8. The van der Waals surface area contributed by atoms with Gasteiger partial charge in [-0.1, -0.05) is 18.2 Å². The molecule has 0 aliphatic carbocycles. The number of furan rings is 1. The lowest BCUT2D eigenvalue weighted by molar-refractivity contribution is -0.120. The molecular formula is C24H27N3O5S. The van der Waals surface area contributed by atoms with Crippen molar-refractivity contribution in [3.63, 3.8) is 0 Å². The van der Waals surface area contributed by atoms with Crippen molar-refractivity contribution in [3.05, 3.63) is 82.3 Å². The Kier molecular flexibility index (Phi) is 7.23. The van der Waals surface area contributed by atoms with Crippen molar-refractivity contribution in [3.8, 4) is 0 Å². The lowest BCUT2D eigenvalue weighted by Gasteiger charge is -2.18. The second kappa shape index (κ2) is 9.91. The minimum absolute atomic E-state index is 0.111. The van der Waals surface area contributed by atoms with Gasteiger partial charge in [-0.25, -0.2) is 8.42 Å². The van der Waals surface area contributed by atoms with E-state index in [0.717, 1.165) is 11.1 Å². The molecule has 174 valence electrons. The molecule has 33 heavy (non-hydrogen) atoms. The number of rotatable bonds is 8. The summed E-state index contributed by atoms with van der Waals surface area (Å²) in [6, 6.07) is 11.6. The largest absolute Gasteiger partial charge is 0.467 e. The van der Waals surface area contributed by atoms with E-state index in [9.17, 15) is 18.0 Å². The van der Waals surface area contributed by atoms with E-state index in [-0.39, 0.29) is 29.2 Å². The summed E-state index contributed by atoms with van der Waals surface area (Å²) in [5.74, 6) is -0.388. The van der Waals surface area contributed by atoms with Gasteiger partial charge in [-0.05, 0) is 74.2 Å². The summed E-state index contributed by atoms with van der Waals surface area (Å²) in [5, 5.41) is 5.15. The Morgan fingerprint density at radius 3 is 2.21 bits per heavy atom. The van der Waals surface area contributed by atoms with Crippen LogP contribution in [0.15, 0.2) is 58.0 Å². The van der Waals surface area contributed by atoms with Gasteiger partial charge in [-0.15, -0.1) is 0 Å². The zero-order valence-electron chi connectivity index (χ0n) is 19.0. The molecule has 3 aromatic rings. The van der Waals surface area contributed by atoms with E-state index in [1.165, 1.54) is 18.4 Å². The van der Waals surface area contributed by atoms with Crippen molar-refractivity contribution in [1.29, 1.82) is 0 Å². The number of para-hydroxylation sites is 1. The van der Waals surface area contributed by atoms with Crippen molar-refractivity contribution < 1.29 is 22.4 Å². The lowest BCUT2D eigenvalue weighted by atomic mass is 10.0. The molecule has 0 atom stereocenters. The molecule has 2 aromatic carbocycles. The van der Waals surface area contributed by atoms with Crippen LogP contribution in [0.5, 0.6) is 0 Å². The summed E-state index contributed by atoms with van der Waals surface area (Å²) in [7, 11) is -3.96. The van der Waals surface area contributed by atoms with Gasteiger partial charge >= 0.3 is 0 Å². The van der Waals surface area contributed by atoms with Gasteiger partial charge in [0.15, 0.2) is 0 Å². The number of carbonyl (C=O) groups excluding carboxylic acids is 2. The Morgan fingerprint density at radius 2 is 1.58 bits per heavy atom. The minimum Gasteiger partial charge on any atom is -0.467 e. The molecule has 1 heterocycles. The molecule has 0 saturated heterocycles. The Morgan fingerprint density at radius 1 is 0.909 bits per heavy atom. The summed E-state index contributed by atoms with van der Waals surface area (Å²) in [6.45, 7) is 7.17. The Hall–Kier alpha value is -3.59. The highest BCUT2D eigenvalue weighted by molar-refractivity contribution is 7.92. The fourth-order valence-electron chi connectivity index (χ4n) is 3.47. The van der Waals surface area contributed by atoms with Gasteiger partial charge in [-0.2, -0.15) is 0 Å². The SMILES string of the molecule is Cc1cc(C)c(C)c(S(=O)(=O)Nc2ccccc2C(=O)NCC(=O)NCc2ccco2)c1C. The quantitative estimate of drug-likeness (QED) is 0.468. The van der Waals surface area contributed by atoms with Crippen LogP contribution in [0.3, 0.4) is 0 Å². The van der Waals surface area contributed by atoms with E-state index in [4.69, 9.17) is 4.42 Å². The number of nitrogens with one attached hydrogen (secondary N) is 3. The van der Waals surface area contributed by atoms with E-state index in [2.05, 4.69) is 15.4 Å². The Bertz CT molecular complexity index is 1260. The average molecular weight is 470 g/mol. The van der Waals surface area contributed by atoms with Gasteiger partial charge in [0.1, 0.15) is 5.76 Å². The molecule has 0 spiro atoms. The number of aryl methyl sites for hydroxylation is 2. The number of amides is 2. The van der Waals surface area contributed by atoms with Crippen molar-refractivity contribution in [2.75, 3.05) is 11.3 Å². The van der Waals surface area contributed by atoms with E-state index in [1.54, 1.807) is 38.1 Å². The topological polar surface area (TPSA) is 118 Å². The normalized spacial score (nSPS) is 11.2. The summed E-state index contributed by atoms with van der Waals surface area (Å²) in [4.78, 5) is 25.0. The van der Waals surface area contributed by atoms with E-state index in [1.807, 2.05) is 19.9 Å². The lowest BCUT2D eigenvalue weighted by Crippen LogP contribution is -2.36. The number of anilines is 1. The van der Waals surface area contributed by atoms with Gasteiger partial charge < -0.3 is 15.1 Å². The molecule has 0 unspecified atom stereocenters. The van der Waals surface area contributed by atoms with Crippen molar-refractivity contribution in [2.24, 2.45) is 0 Å². The zero-order chi connectivity index (χ0) is 24.2. The second-order valence-corrected chi connectivity index (χ2v) is 9.40. The highest BCUT2D eigenvalue weighted by Gasteiger charge is 2.24. The first-order valence-electron chi connectivity index (χ1n) is 10.4. The first kappa shape index (κ1) is 24.1. The van der Waals surface area contributed by atoms with Gasteiger partial charge in [0.25, 0.3) is 15.9 Å². The fraction of sp³-hybridized carbons (Fsp3) is 0.250.